The van der Waals surface area contributed by atoms with Crippen molar-refractivity contribution in [3.05, 3.63) is 23.8 Å². The summed E-state index contributed by atoms with van der Waals surface area (Å²) >= 11 is 3.88. The monoisotopic (exact) mass is 382 g/mol. The van der Waals surface area contributed by atoms with Gasteiger partial charge in [0.25, 0.3) is 5.24 Å². The minimum absolute atomic E-state index is 0.0756. The largest absolute Gasteiger partial charge is 0.493 e. The van der Waals surface area contributed by atoms with Crippen LogP contribution in [0, 0.1) is 0 Å². The molecule has 0 aromatic heterocycles. The lowest BCUT2D eigenvalue weighted by atomic mass is 9.99. The Morgan fingerprint density at radius 2 is 1.92 bits per heavy atom. The van der Waals surface area contributed by atoms with Gasteiger partial charge in [-0.3, -0.25) is 4.79 Å². The molecule has 0 fully saturated rings. The van der Waals surface area contributed by atoms with E-state index in [-0.39, 0.29) is 11.3 Å². The predicted octanol–water partition coefficient (Wildman–Crippen LogP) is 4.33. The molecule has 0 saturated carbocycles. The summed E-state index contributed by atoms with van der Waals surface area (Å²) in [4.78, 5) is 11.4. The average molecular weight is 383 g/mol. The maximum atomic E-state index is 11.4. The lowest BCUT2D eigenvalue weighted by Gasteiger charge is -2.19. The number of nitrogens with one attached hydrogen (secondary N) is 1. The Bertz CT molecular complexity index is 526. The van der Waals surface area contributed by atoms with Crippen molar-refractivity contribution in [1.82, 2.24) is 5.32 Å². The van der Waals surface area contributed by atoms with Gasteiger partial charge in [-0.25, -0.2) is 0 Å². The van der Waals surface area contributed by atoms with E-state index in [1.807, 2.05) is 18.2 Å². The minimum atomic E-state index is -0.282. The van der Waals surface area contributed by atoms with Gasteiger partial charge in [0.2, 0.25) is 0 Å². The first-order valence-electron chi connectivity index (χ1n) is 9.60. The topological polar surface area (TPSA) is 73.6 Å². The van der Waals surface area contributed by atoms with Crippen molar-refractivity contribution in [2.24, 2.45) is 5.73 Å². The van der Waals surface area contributed by atoms with Crippen molar-refractivity contribution in [2.75, 3.05) is 20.3 Å². The maximum Gasteiger partial charge on any atom is 0.276 e. The van der Waals surface area contributed by atoms with Crippen molar-refractivity contribution >= 4 is 17.9 Å². The van der Waals surface area contributed by atoms with Crippen LogP contribution in [0.3, 0.4) is 0 Å². The molecule has 0 aliphatic carbocycles. The second-order valence-corrected chi connectivity index (χ2v) is 6.94. The van der Waals surface area contributed by atoms with Crippen LogP contribution in [0.5, 0.6) is 11.5 Å². The molecule has 1 unspecified atom stereocenters. The van der Waals surface area contributed by atoms with Gasteiger partial charge < -0.3 is 20.5 Å². The van der Waals surface area contributed by atoms with E-state index in [1.165, 1.54) is 32.1 Å². The fourth-order valence-electron chi connectivity index (χ4n) is 2.98. The summed E-state index contributed by atoms with van der Waals surface area (Å²) in [6.45, 7) is 3.13. The lowest BCUT2D eigenvalue weighted by molar-refractivity contribution is 0.256. The zero-order valence-corrected chi connectivity index (χ0v) is 17.0. The highest BCUT2D eigenvalue weighted by Crippen LogP contribution is 2.28. The van der Waals surface area contributed by atoms with Crippen molar-refractivity contribution in [3.8, 4) is 11.5 Å². The predicted molar refractivity (Wildman–Crippen MR) is 111 cm³/mol. The molecule has 6 heteroatoms. The van der Waals surface area contributed by atoms with E-state index in [9.17, 15) is 4.79 Å². The van der Waals surface area contributed by atoms with Crippen molar-refractivity contribution in [1.29, 1.82) is 0 Å². The van der Waals surface area contributed by atoms with E-state index in [0.717, 1.165) is 24.8 Å². The third kappa shape index (κ3) is 9.34. The Kier molecular flexibility index (Phi) is 12.0. The second kappa shape index (κ2) is 13.8. The molecule has 0 bridgehead atoms. The number of carbonyl (C=O) groups excluding carboxylic acids is 1. The molecule has 0 aliphatic heterocycles. The van der Waals surface area contributed by atoms with Gasteiger partial charge in [0.15, 0.2) is 11.5 Å². The molecule has 26 heavy (non-hydrogen) atoms. The number of hydrogen-bond acceptors (Lipinski definition) is 4. The van der Waals surface area contributed by atoms with E-state index >= 15 is 0 Å². The highest BCUT2D eigenvalue weighted by Gasteiger charge is 2.13. The molecule has 3 N–H and O–H groups in total. The molecule has 1 amide bonds. The highest BCUT2D eigenvalue weighted by molar-refractivity contribution is 7.96. The highest BCUT2D eigenvalue weighted by atomic mass is 32.1. The molecule has 1 aromatic rings. The fraction of sp³-hybridized carbons (Fsp3) is 0.650. The smallest absolute Gasteiger partial charge is 0.276 e. The number of nitrogens with two attached hydrogens (primary N) is 1. The van der Waals surface area contributed by atoms with Crippen molar-refractivity contribution in [3.63, 3.8) is 0 Å². The fourth-order valence-corrected chi connectivity index (χ4v) is 3.17. The van der Waals surface area contributed by atoms with E-state index in [0.29, 0.717) is 24.7 Å². The molecule has 1 rings (SSSR count). The van der Waals surface area contributed by atoms with Crippen LogP contribution in [0.4, 0.5) is 4.79 Å². The normalized spacial score (nSPS) is 11.8. The number of ether oxygens (including phenoxy) is 2. The summed E-state index contributed by atoms with van der Waals surface area (Å²) < 4.78 is 11.0. The van der Waals surface area contributed by atoms with Gasteiger partial charge in [0, 0.05) is 12.6 Å². The Morgan fingerprint density at radius 3 is 2.58 bits per heavy atom. The number of thiol groups is 1. The van der Waals surface area contributed by atoms with Gasteiger partial charge >= 0.3 is 0 Å². The Labute approximate surface area is 163 Å². The summed E-state index contributed by atoms with van der Waals surface area (Å²) in [6.07, 6.45) is 9.12. The molecule has 148 valence electrons. The van der Waals surface area contributed by atoms with E-state index in [4.69, 9.17) is 15.2 Å². The van der Waals surface area contributed by atoms with Gasteiger partial charge in [0.1, 0.15) is 6.61 Å². The van der Waals surface area contributed by atoms with Crippen LogP contribution < -0.4 is 20.5 Å². The molecule has 0 saturated heterocycles. The van der Waals surface area contributed by atoms with Gasteiger partial charge in [-0.05, 0) is 30.5 Å². The molecular formula is C20H34N2O3S. The van der Waals surface area contributed by atoms with Gasteiger partial charge in [-0.2, -0.15) is 0 Å². The van der Waals surface area contributed by atoms with Crippen LogP contribution in [0.25, 0.3) is 0 Å². The molecule has 0 radical (unpaired) electrons. The molecular weight excluding hydrogens is 348 g/mol. The first kappa shape index (κ1) is 22.6. The second-order valence-electron chi connectivity index (χ2n) is 6.53. The first-order chi connectivity index (χ1) is 12.6. The summed E-state index contributed by atoms with van der Waals surface area (Å²) in [5, 5.41) is 2.67. The first-order valence-corrected chi connectivity index (χ1v) is 10.0. The third-order valence-electron chi connectivity index (χ3n) is 4.32. The number of amides is 1. The molecule has 0 heterocycles. The van der Waals surface area contributed by atoms with Crippen LogP contribution in [-0.2, 0) is 6.42 Å². The standard InChI is InChI=1S/C20H34N2O3S/c1-3-4-5-6-7-8-9-17(22-20(23)26)14-16-10-11-18(25-13-12-21)19(15-16)24-2/h10-11,15,17H,3-9,12-14,21H2,1-2H3,(H2,22,23,26). The van der Waals surface area contributed by atoms with Crippen molar-refractivity contribution in [2.45, 2.75) is 64.3 Å². The minimum Gasteiger partial charge on any atom is -0.493 e. The van der Waals surface area contributed by atoms with Gasteiger partial charge in [-0.15, -0.1) is 0 Å². The van der Waals surface area contributed by atoms with Crippen molar-refractivity contribution < 1.29 is 14.3 Å². The average Bonchev–Trinajstić information content (AvgIpc) is 2.62. The van der Waals surface area contributed by atoms with E-state index < -0.39 is 0 Å². The number of rotatable bonds is 14. The number of hydrogen-bond donors (Lipinski definition) is 3. The number of methoxy groups -OCH3 is 1. The molecule has 1 atom stereocenters. The Hall–Kier alpha value is -1.40. The Morgan fingerprint density at radius 1 is 1.19 bits per heavy atom. The van der Waals surface area contributed by atoms with E-state index in [1.54, 1.807) is 7.11 Å². The zero-order chi connectivity index (χ0) is 19.2. The molecule has 5 nitrogen and oxygen atoms in total. The maximum absolute atomic E-state index is 11.4. The summed E-state index contributed by atoms with van der Waals surface area (Å²) in [5.74, 6) is 1.37. The van der Waals surface area contributed by atoms with Crippen LogP contribution in [0.2, 0.25) is 0 Å². The summed E-state index contributed by atoms with van der Waals surface area (Å²) in [7, 11) is 1.62. The number of carbonyl (C=O) groups is 1. The summed E-state index contributed by atoms with van der Waals surface area (Å²) in [6, 6.07) is 5.94. The molecule has 0 aliphatic rings. The van der Waals surface area contributed by atoms with Crippen LogP contribution in [-0.4, -0.2) is 31.5 Å². The quantitative estimate of drug-likeness (QED) is 0.331. The molecule has 1 aromatic carbocycles. The van der Waals surface area contributed by atoms with Crippen LogP contribution in [0.15, 0.2) is 18.2 Å². The van der Waals surface area contributed by atoms with Gasteiger partial charge in [0.05, 0.1) is 7.11 Å². The number of benzene rings is 1. The third-order valence-corrected chi connectivity index (χ3v) is 4.45. The van der Waals surface area contributed by atoms with Crippen LogP contribution in [0.1, 0.15) is 57.4 Å². The van der Waals surface area contributed by atoms with Crippen LogP contribution >= 0.6 is 12.6 Å². The van der Waals surface area contributed by atoms with Gasteiger partial charge in [-0.1, -0.05) is 64.1 Å². The summed E-state index contributed by atoms with van der Waals surface area (Å²) in [5.41, 5.74) is 6.58. The SMILES string of the molecule is CCCCCCCCC(Cc1ccc(OCCN)c(OC)c1)NC(=O)S. The lowest BCUT2D eigenvalue weighted by Crippen LogP contribution is -2.33. The zero-order valence-electron chi connectivity index (χ0n) is 16.1. The molecule has 0 spiro atoms. The van der Waals surface area contributed by atoms with E-state index in [2.05, 4.69) is 24.9 Å². The number of unbranched alkanes of at least 4 members (excludes halogenated alkanes) is 5. The Balaban J connectivity index is 2.61.